The standard InChI is InChI=1S/C19H11ClO2S/c20-13-7-5-12(6-8-13)16-10-9-14(22-16)11-18-19(21)15-3-1-2-4-17(15)23-18/h1-11H/b18-11+. The molecule has 0 bridgehead atoms. The maximum Gasteiger partial charge on any atom is 0.200 e. The molecule has 112 valence electrons. The third-order valence-corrected chi connectivity index (χ3v) is 4.96. The summed E-state index contributed by atoms with van der Waals surface area (Å²) in [6.45, 7) is 0. The lowest BCUT2D eigenvalue weighted by atomic mass is 10.1. The Labute approximate surface area is 142 Å². The van der Waals surface area contributed by atoms with Gasteiger partial charge in [0, 0.05) is 21.0 Å². The van der Waals surface area contributed by atoms with Crippen molar-refractivity contribution in [2.24, 2.45) is 0 Å². The van der Waals surface area contributed by atoms with E-state index in [0.717, 1.165) is 21.8 Å². The van der Waals surface area contributed by atoms with Gasteiger partial charge < -0.3 is 4.42 Å². The highest BCUT2D eigenvalue weighted by Crippen LogP contribution is 2.40. The molecule has 1 aliphatic rings. The van der Waals surface area contributed by atoms with E-state index in [0.29, 0.717) is 15.7 Å². The molecule has 0 atom stereocenters. The Morgan fingerprint density at radius 3 is 2.52 bits per heavy atom. The van der Waals surface area contributed by atoms with Gasteiger partial charge in [0.2, 0.25) is 5.78 Å². The van der Waals surface area contributed by atoms with Crippen LogP contribution in [0.5, 0.6) is 0 Å². The number of ketones is 1. The lowest BCUT2D eigenvalue weighted by Crippen LogP contribution is -1.93. The Kier molecular flexibility index (Phi) is 3.60. The summed E-state index contributed by atoms with van der Waals surface area (Å²) in [5, 5.41) is 0.688. The number of benzene rings is 2. The predicted octanol–water partition coefficient (Wildman–Crippen LogP) is 5.93. The van der Waals surface area contributed by atoms with Crippen molar-refractivity contribution in [1.82, 2.24) is 0 Å². The van der Waals surface area contributed by atoms with E-state index < -0.39 is 0 Å². The van der Waals surface area contributed by atoms with Gasteiger partial charge in [0.25, 0.3) is 0 Å². The Bertz CT molecular complexity index is 923. The smallest absolute Gasteiger partial charge is 0.200 e. The second-order valence-corrected chi connectivity index (χ2v) is 6.67. The maximum atomic E-state index is 12.4. The average molecular weight is 339 g/mol. The van der Waals surface area contributed by atoms with Crippen LogP contribution in [0.15, 0.2) is 74.9 Å². The quantitative estimate of drug-likeness (QED) is 0.542. The zero-order valence-corrected chi connectivity index (χ0v) is 13.5. The predicted molar refractivity (Wildman–Crippen MR) is 93.8 cm³/mol. The van der Waals surface area contributed by atoms with Crippen LogP contribution in [-0.4, -0.2) is 5.78 Å². The lowest BCUT2D eigenvalue weighted by Gasteiger charge is -1.97. The fourth-order valence-electron chi connectivity index (χ4n) is 2.46. The minimum Gasteiger partial charge on any atom is -0.457 e. The number of rotatable bonds is 2. The second kappa shape index (κ2) is 5.76. The third-order valence-electron chi connectivity index (χ3n) is 3.60. The van der Waals surface area contributed by atoms with Gasteiger partial charge in [-0.1, -0.05) is 35.5 Å². The minimum atomic E-state index is 0.0510. The molecule has 2 aromatic carbocycles. The molecule has 0 N–H and O–H groups in total. The van der Waals surface area contributed by atoms with E-state index in [1.165, 1.54) is 11.8 Å². The monoisotopic (exact) mass is 338 g/mol. The average Bonchev–Trinajstić information content (AvgIpc) is 3.15. The number of carbonyl (C=O) groups is 1. The molecule has 1 aromatic heterocycles. The van der Waals surface area contributed by atoms with Crippen molar-refractivity contribution in [2.75, 3.05) is 0 Å². The Morgan fingerprint density at radius 2 is 1.74 bits per heavy atom. The van der Waals surface area contributed by atoms with Crippen LogP contribution >= 0.6 is 23.4 Å². The highest BCUT2D eigenvalue weighted by molar-refractivity contribution is 8.04. The van der Waals surface area contributed by atoms with Crippen LogP contribution in [-0.2, 0) is 0 Å². The van der Waals surface area contributed by atoms with Crippen molar-refractivity contribution >= 4 is 35.2 Å². The number of carbonyl (C=O) groups excluding carboxylic acids is 1. The summed E-state index contributed by atoms with van der Waals surface area (Å²) in [5.74, 6) is 1.47. The summed E-state index contributed by atoms with van der Waals surface area (Å²) in [7, 11) is 0. The molecule has 0 unspecified atom stereocenters. The van der Waals surface area contributed by atoms with Gasteiger partial charge in [-0.25, -0.2) is 0 Å². The van der Waals surface area contributed by atoms with Crippen molar-refractivity contribution in [2.45, 2.75) is 4.90 Å². The van der Waals surface area contributed by atoms with E-state index in [-0.39, 0.29) is 5.78 Å². The SMILES string of the molecule is O=C1/C(=C\c2ccc(-c3ccc(Cl)cc3)o2)Sc2ccccc21. The number of thioether (sulfide) groups is 1. The molecule has 1 aliphatic heterocycles. The second-order valence-electron chi connectivity index (χ2n) is 5.14. The first-order chi connectivity index (χ1) is 11.2. The molecule has 0 amide bonds. The number of fused-ring (bicyclic) bond motifs is 1. The third kappa shape index (κ3) is 2.74. The van der Waals surface area contributed by atoms with E-state index in [1.807, 2.05) is 60.7 Å². The first-order valence-electron chi connectivity index (χ1n) is 7.10. The van der Waals surface area contributed by atoms with Crippen LogP contribution in [0.2, 0.25) is 5.02 Å². The zero-order valence-electron chi connectivity index (χ0n) is 12.0. The Hall–Kier alpha value is -2.23. The van der Waals surface area contributed by atoms with Crippen LogP contribution in [0.4, 0.5) is 0 Å². The van der Waals surface area contributed by atoms with Gasteiger partial charge in [0.05, 0.1) is 4.91 Å². The Morgan fingerprint density at radius 1 is 0.957 bits per heavy atom. The molecule has 0 fully saturated rings. The molecule has 0 spiro atoms. The lowest BCUT2D eigenvalue weighted by molar-refractivity contribution is 0.104. The van der Waals surface area contributed by atoms with E-state index >= 15 is 0 Å². The molecule has 2 nitrogen and oxygen atoms in total. The van der Waals surface area contributed by atoms with Gasteiger partial charge in [-0.15, -0.1) is 0 Å². The zero-order chi connectivity index (χ0) is 15.8. The van der Waals surface area contributed by atoms with Crippen molar-refractivity contribution in [3.05, 3.63) is 81.9 Å². The topological polar surface area (TPSA) is 30.2 Å². The van der Waals surface area contributed by atoms with Crippen LogP contribution in [0.25, 0.3) is 17.4 Å². The van der Waals surface area contributed by atoms with Gasteiger partial charge in [-0.3, -0.25) is 4.79 Å². The van der Waals surface area contributed by atoms with Crippen LogP contribution in [0.3, 0.4) is 0 Å². The van der Waals surface area contributed by atoms with Gasteiger partial charge in [0.1, 0.15) is 11.5 Å². The molecule has 4 rings (SSSR count). The summed E-state index contributed by atoms with van der Waals surface area (Å²) in [6.07, 6.45) is 1.80. The van der Waals surface area contributed by atoms with Gasteiger partial charge in [0.15, 0.2) is 0 Å². The molecular weight excluding hydrogens is 328 g/mol. The number of hydrogen-bond donors (Lipinski definition) is 0. The molecule has 3 aromatic rings. The summed E-state index contributed by atoms with van der Waals surface area (Å²) < 4.78 is 5.83. The number of allylic oxidation sites excluding steroid dienone is 1. The number of halogens is 1. The highest BCUT2D eigenvalue weighted by Gasteiger charge is 2.25. The van der Waals surface area contributed by atoms with Crippen LogP contribution in [0.1, 0.15) is 16.1 Å². The van der Waals surface area contributed by atoms with Gasteiger partial charge >= 0.3 is 0 Å². The molecule has 0 saturated heterocycles. The highest BCUT2D eigenvalue weighted by atomic mass is 35.5. The van der Waals surface area contributed by atoms with E-state index in [2.05, 4.69) is 0 Å². The number of Topliss-reactive ketones (excluding diaryl/α,β-unsaturated/α-hetero) is 1. The van der Waals surface area contributed by atoms with Crippen molar-refractivity contribution in [3.63, 3.8) is 0 Å². The van der Waals surface area contributed by atoms with Crippen molar-refractivity contribution < 1.29 is 9.21 Å². The van der Waals surface area contributed by atoms with E-state index in [1.54, 1.807) is 6.08 Å². The minimum absolute atomic E-state index is 0.0510. The van der Waals surface area contributed by atoms with Gasteiger partial charge in [-0.05, 0) is 54.6 Å². The molecule has 0 radical (unpaired) electrons. The van der Waals surface area contributed by atoms with Crippen LogP contribution in [0, 0.1) is 0 Å². The molecular formula is C19H11ClO2S. The van der Waals surface area contributed by atoms with E-state index in [4.69, 9.17) is 16.0 Å². The summed E-state index contributed by atoms with van der Waals surface area (Å²) in [4.78, 5) is 14.0. The summed E-state index contributed by atoms with van der Waals surface area (Å²) in [6, 6.07) is 18.9. The normalized spacial score (nSPS) is 15.2. The first kappa shape index (κ1) is 14.4. The van der Waals surface area contributed by atoms with Crippen molar-refractivity contribution in [1.29, 1.82) is 0 Å². The van der Waals surface area contributed by atoms with Crippen molar-refractivity contribution in [3.8, 4) is 11.3 Å². The number of hydrogen-bond acceptors (Lipinski definition) is 3. The van der Waals surface area contributed by atoms with Gasteiger partial charge in [-0.2, -0.15) is 0 Å². The Balaban J connectivity index is 1.64. The fraction of sp³-hybridized carbons (Fsp3) is 0. The molecule has 2 heterocycles. The summed E-state index contributed by atoms with van der Waals surface area (Å²) >= 11 is 7.38. The molecule has 4 heteroatoms. The summed E-state index contributed by atoms with van der Waals surface area (Å²) in [5.41, 5.74) is 1.71. The van der Waals surface area contributed by atoms with E-state index in [9.17, 15) is 4.79 Å². The fourth-order valence-corrected chi connectivity index (χ4v) is 3.62. The largest absolute Gasteiger partial charge is 0.457 e. The molecule has 0 saturated carbocycles. The number of furan rings is 1. The molecule has 23 heavy (non-hydrogen) atoms. The first-order valence-corrected chi connectivity index (χ1v) is 8.29. The van der Waals surface area contributed by atoms with Crippen LogP contribution < -0.4 is 0 Å². The molecule has 0 aliphatic carbocycles. The maximum absolute atomic E-state index is 12.4.